The molecule has 0 saturated heterocycles. The number of carbonyl (C=O) groups excluding carboxylic acids is 2. The van der Waals surface area contributed by atoms with Crippen LogP contribution in [0.1, 0.15) is 20.8 Å². The zero-order chi connectivity index (χ0) is 17.1. The Morgan fingerprint density at radius 1 is 1.26 bits per heavy atom. The molecule has 2 N–H and O–H groups in total. The fourth-order valence-electron chi connectivity index (χ4n) is 1.71. The smallest absolute Gasteiger partial charge is 0.321 e. The highest BCUT2D eigenvalue weighted by atomic mass is 35.5. The van der Waals surface area contributed by atoms with E-state index in [4.69, 9.17) is 23.2 Å². The number of hydrogen-bond donors (Lipinski definition) is 2. The Hall–Kier alpha value is -1.51. The fourth-order valence-corrected chi connectivity index (χ4v) is 3.04. The first kappa shape index (κ1) is 17.8. The molecule has 0 aromatic carbocycles. The van der Waals surface area contributed by atoms with Gasteiger partial charge in [0.2, 0.25) is 5.91 Å². The molecule has 2 aromatic heterocycles. The summed E-state index contributed by atoms with van der Waals surface area (Å²) in [5.41, 5.74) is 0.448. The third-order valence-corrected chi connectivity index (χ3v) is 4.24. The second kappa shape index (κ2) is 7.37. The quantitative estimate of drug-likeness (QED) is 0.802. The molecule has 1 atom stereocenters. The van der Waals surface area contributed by atoms with Gasteiger partial charge >= 0.3 is 6.03 Å². The molecule has 0 spiro atoms. The van der Waals surface area contributed by atoms with Crippen molar-refractivity contribution in [2.75, 3.05) is 0 Å². The summed E-state index contributed by atoms with van der Waals surface area (Å²) in [7, 11) is 0. The van der Waals surface area contributed by atoms with Crippen molar-refractivity contribution in [1.29, 1.82) is 0 Å². The second-order valence-electron chi connectivity index (χ2n) is 5.06. The number of fused-ring (bicyclic) bond motifs is 1. The summed E-state index contributed by atoms with van der Waals surface area (Å²) in [4.78, 5) is 23.6. The van der Waals surface area contributed by atoms with Crippen LogP contribution in [0.2, 0.25) is 10.0 Å². The predicted molar refractivity (Wildman–Crippen MR) is 90.1 cm³/mol. The van der Waals surface area contributed by atoms with E-state index in [0.29, 0.717) is 20.8 Å². The average molecular weight is 376 g/mol. The molecule has 124 valence electrons. The molecule has 0 radical (unpaired) electrons. The van der Waals surface area contributed by atoms with Crippen molar-refractivity contribution in [2.24, 2.45) is 0 Å². The molecule has 2 aromatic rings. The van der Waals surface area contributed by atoms with Gasteiger partial charge in [0.1, 0.15) is 0 Å². The summed E-state index contributed by atoms with van der Waals surface area (Å²) in [6.45, 7) is 5.27. The Bertz CT molecular complexity index is 749. The number of nitrogens with one attached hydrogen (secondary N) is 2. The summed E-state index contributed by atoms with van der Waals surface area (Å²) in [6.07, 6.45) is 1.61. The number of aromatic nitrogens is 3. The van der Waals surface area contributed by atoms with Crippen LogP contribution in [0.5, 0.6) is 0 Å². The van der Waals surface area contributed by atoms with E-state index in [1.165, 1.54) is 0 Å². The van der Waals surface area contributed by atoms with E-state index in [0.717, 1.165) is 11.8 Å². The van der Waals surface area contributed by atoms with Crippen molar-refractivity contribution in [3.8, 4) is 0 Å². The maximum atomic E-state index is 12.0. The lowest BCUT2D eigenvalue weighted by Crippen LogP contribution is -2.45. The minimum Gasteiger partial charge on any atom is -0.336 e. The third-order valence-electron chi connectivity index (χ3n) is 2.70. The summed E-state index contributed by atoms with van der Waals surface area (Å²) in [5, 5.41) is 13.5. The molecule has 10 heteroatoms. The van der Waals surface area contributed by atoms with Gasteiger partial charge < -0.3 is 5.32 Å². The van der Waals surface area contributed by atoms with Gasteiger partial charge in [-0.05, 0) is 26.8 Å². The van der Waals surface area contributed by atoms with E-state index in [2.05, 4.69) is 20.8 Å². The first-order chi connectivity index (χ1) is 10.8. The Labute approximate surface area is 147 Å². The van der Waals surface area contributed by atoms with Gasteiger partial charge in [-0.2, -0.15) is 0 Å². The van der Waals surface area contributed by atoms with Crippen molar-refractivity contribution in [1.82, 2.24) is 25.2 Å². The van der Waals surface area contributed by atoms with Gasteiger partial charge in [0.05, 0.1) is 15.3 Å². The average Bonchev–Trinajstić information content (AvgIpc) is 2.80. The van der Waals surface area contributed by atoms with Crippen molar-refractivity contribution in [2.45, 2.75) is 37.2 Å². The Balaban J connectivity index is 2.10. The van der Waals surface area contributed by atoms with E-state index < -0.39 is 17.2 Å². The van der Waals surface area contributed by atoms with Gasteiger partial charge in [-0.1, -0.05) is 35.0 Å². The van der Waals surface area contributed by atoms with Gasteiger partial charge in [-0.3, -0.25) is 14.5 Å². The monoisotopic (exact) mass is 375 g/mol. The van der Waals surface area contributed by atoms with Crippen LogP contribution >= 0.6 is 35.0 Å². The first-order valence-corrected chi connectivity index (χ1v) is 8.39. The van der Waals surface area contributed by atoms with Gasteiger partial charge in [-0.25, -0.2) is 4.79 Å². The van der Waals surface area contributed by atoms with E-state index in [-0.39, 0.29) is 6.04 Å². The lowest BCUT2D eigenvalue weighted by molar-refractivity contribution is -0.119. The molecule has 0 unspecified atom stereocenters. The number of thioether (sulfide) groups is 1. The van der Waals surface area contributed by atoms with Gasteiger partial charge in [0.25, 0.3) is 0 Å². The van der Waals surface area contributed by atoms with Crippen LogP contribution in [0.25, 0.3) is 5.65 Å². The van der Waals surface area contributed by atoms with Crippen LogP contribution in [0.15, 0.2) is 17.4 Å². The number of pyridine rings is 1. The number of imide groups is 1. The van der Waals surface area contributed by atoms with E-state index >= 15 is 0 Å². The van der Waals surface area contributed by atoms with Crippen LogP contribution in [0.3, 0.4) is 0 Å². The van der Waals surface area contributed by atoms with Crippen molar-refractivity contribution in [3.63, 3.8) is 0 Å². The number of halogens is 2. The highest BCUT2D eigenvalue weighted by Crippen LogP contribution is 2.27. The van der Waals surface area contributed by atoms with Gasteiger partial charge in [0.15, 0.2) is 10.8 Å². The topological polar surface area (TPSA) is 88.4 Å². The molecule has 7 nitrogen and oxygen atoms in total. The molecule has 0 aliphatic heterocycles. The maximum absolute atomic E-state index is 12.0. The van der Waals surface area contributed by atoms with Gasteiger partial charge in [-0.15, -0.1) is 10.2 Å². The molecule has 3 amide bonds. The minimum atomic E-state index is -0.557. The number of nitrogens with zero attached hydrogens (tertiary/aromatic N) is 3. The predicted octanol–water partition coefficient (Wildman–Crippen LogP) is 2.75. The van der Waals surface area contributed by atoms with E-state index in [1.807, 2.05) is 0 Å². The Morgan fingerprint density at radius 3 is 2.61 bits per heavy atom. The second-order valence-corrected chi connectivity index (χ2v) is 7.21. The molecule has 0 aliphatic rings. The number of amides is 3. The largest absolute Gasteiger partial charge is 0.336 e. The fraction of sp³-hybridized carbons (Fsp3) is 0.385. The molecule has 2 heterocycles. The highest BCUT2D eigenvalue weighted by Gasteiger charge is 2.20. The normalized spacial score (nSPS) is 12.4. The van der Waals surface area contributed by atoms with Crippen LogP contribution < -0.4 is 10.6 Å². The zero-order valence-corrected chi connectivity index (χ0v) is 15.0. The van der Waals surface area contributed by atoms with Crippen LogP contribution in [0.4, 0.5) is 4.79 Å². The Morgan fingerprint density at radius 2 is 1.96 bits per heavy atom. The molecular weight excluding hydrogens is 361 g/mol. The standard InChI is InChI=1S/C13H15Cl2N5O2S/c1-6(2)16-12(22)17-11(21)7(3)23-13-19-18-10-9(15)4-8(14)5-20(10)13/h4-7H,1-3H3,(H2,16,17,21,22)/t7-/m0/s1. The van der Waals surface area contributed by atoms with Crippen LogP contribution in [-0.2, 0) is 4.79 Å². The van der Waals surface area contributed by atoms with Crippen LogP contribution in [-0.4, -0.2) is 37.8 Å². The van der Waals surface area contributed by atoms with Crippen molar-refractivity contribution in [3.05, 3.63) is 22.3 Å². The van der Waals surface area contributed by atoms with Crippen LogP contribution in [0, 0.1) is 0 Å². The van der Waals surface area contributed by atoms with E-state index in [9.17, 15) is 9.59 Å². The molecule has 0 saturated carbocycles. The van der Waals surface area contributed by atoms with Crippen molar-refractivity contribution < 1.29 is 9.59 Å². The number of carbonyl (C=O) groups is 2. The van der Waals surface area contributed by atoms with E-state index in [1.54, 1.807) is 37.4 Å². The highest BCUT2D eigenvalue weighted by molar-refractivity contribution is 8.00. The first-order valence-electron chi connectivity index (χ1n) is 6.75. The summed E-state index contributed by atoms with van der Waals surface area (Å²) >= 11 is 13.2. The lowest BCUT2D eigenvalue weighted by atomic mass is 10.4. The summed E-state index contributed by atoms with van der Waals surface area (Å²) in [6, 6.07) is 0.971. The third kappa shape index (κ3) is 4.49. The number of urea groups is 1. The SMILES string of the molecule is CC(C)NC(=O)NC(=O)[C@H](C)Sc1nnc2c(Cl)cc(Cl)cn12. The summed E-state index contributed by atoms with van der Waals surface area (Å²) < 4.78 is 1.60. The number of rotatable bonds is 4. The van der Waals surface area contributed by atoms with Crippen molar-refractivity contribution >= 4 is 52.5 Å². The lowest BCUT2D eigenvalue weighted by Gasteiger charge is -2.12. The molecule has 2 rings (SSSR count). The van der Waals surface area contributed by atoms with Gasteiger partial charge in [0, 0.05) is 12.2 Å². The number of hydrogen-bond acceptors (Lipinski definition) is 5. The zero-order valence-electron chi connectivity index (χ0n) is 12.6. The summed E-state index contributed by atoms with van der Waals surface area (Å²) in [5.74, 6) is -0.432. The Kier molecular flexibility index (Phi) is 5.72. The molecular formula is C13H15Cl2N5O2S. The molecule has 0 fully saturated rings. The molecule has 0 aliphatic carbocycles. The molecule has 0 bridgehead atoms. The molecule has 23 heavy (non-hydrogen) atoms. The minimum absolute atomic E-state index is 0.0597. The maximum Gasteiger partial charge on any atom is 0.321 e.